The maximum Gasteiger partial charge on any atom is 0.145 e. The van der Waals surface area contributed by atoms with E-state index >= 15 is 0 Å². The van der Waals surface area contributed by atoms with Gasteiger partial charge in [0.05, 0.1) is 11.1 Å². The summed E-state index contributed by atoms with van der Waals surface area (Å²) in [5.74, 6) is -1.05. The lowest BCUT2D eigenvalue weighted by molar-refractivity contribution is 0.173. The van der Waals surface area contributed by atoms with Gasteiger partial charge in [0.25, 0.3) is 0 Å². The molecule has 2 aromatic rings. The fraction of sp³-hybridized carbons (Fsp3) is 0.200. The van der Waals surface area contributed by atoms with Crippen LogP contribution in [0.3, 0.4) is 0 Å². The van der Waals surface area contributed by atoms with Gasteiger partial charge in [-0.15, -0.1) is 0 Å². The van der Waals surface area contributed by atoms with E-state index in [1.165, 1.54) is 24.3 Å². The van der Waals surface area contributed by atoms with Crippen molar-refractivity contribution in [2.24, 2.45) is 0 Å². The van der Waals surface area contributed by atoms with E-state index in [0.717, 1.165) is 0 Å². The Hall–Kier alpha value is -1.16. The minimum atomic E-state index is -0.947. The highest BCUT2D eigenvalue weighted by atomic mass is 35.5. The van der Waals surface area contributed by atoms with Crippen LogP contribution in [-0.2, 0) is 12.8 Å². The Labute approximate surface area is 125 Å². The first-order valence-electron chi connectivity index (χ1n) is 6.03. The van der Waals surface area contributed by atoms with E-state index in [4.69, 9.17) is 23.2 Å². The molecule has 1 unspecified atom stereocenters. The standard InChI is InChI=1S/C15H12Cl2F2O/c16-12-4-2-6-14(18)11(12)8-10(20)7-9-3-1-5-13(17)15(9)19/h1-6,10,20H,7-8H2. The summed E-state index contributed by atoms with van der Waals surface area (Å²) in [4.78, 5) is 0. The predicted molar refractivity (Wildman–Crippen MR) is 76.2 cm³/mol. The van der Waals surface area contributed by atoms with Crippen LogP contribution in [0.5, 0.6) is 0 Å². The molecule has 0 saturated heterocycles. The quantitative estimate of drug-likeness (QED) is 0.885. The van der Waals surface area contributed by atoms with Crippen molar-refractivity contribution in [2.45, 2.75) is 18.9 Å². The van der Waals surface area contributed by atoms with Crippen molar-refractivity contribution in [3.63, 3.8) is 0 Å². The van der Waals surface area contributed by atoms with Gasteiger partial charge in [-0.05, 0) is 23.8 Å². The lowest BCUT2D eigenvalue weighted by Gasteiger charge is -2.13. The van der Waals surface area contributed by atoms with Gasteiger partial charge in [0, 0.05) is 23.4 Å². The number of hydrogen-bond acceptors (Lipinski definition) is 1. The molecule has 0 fully saturated rings. The first-order chi connectivity index (χ1) is 9.49. The fourth-order valence-corrected chi connectivity index (χ4v) is 2.43. The number of rotatable bonds is 4. The fourth-order valence-electron chi connectivity index (χ4n) is 2.00. The first kappa shape index (κ1) is 15.2. The second kappa shape index (κ2) is 6.53. The SMILES string of the molecule is OC(Cc1cccc(Cl)c1F)Cc1c(F)cccc1Cl. The molecule has 0 amide bonds. The smallest absolute Gasteiger partial charge is 0.145 e. The molecule has 0 radical (unpaired) electrons. The van der Waals surface area contributed by atoms with Crippen molar-refractivity contribution in [1.29, 1.82) is 0 Å². The molecule has 2 aromatic carbocycles. The summed E-state index contributed by atoms with van der Waals surface area (Å²) in [6, 6.07) is 8.88. The summed E-state index contributed by atoms with van der Waals surface area (Å²) in [5, 5.41) is 10.2. The van der Waals surface area contributed by atoms with Gasteiger partial charge < -0.3 is 5.11 Å². The van der Waals surface area contributed by atoms with Crippen molar-refractivity contribution in [3.05, 3.63) is 69.2 Å². The van der Waals surface area contributed by atoms with Crippen LogP contribution in [0.25, 0.3) is 0 Å². The van der Waals surface area contributed by atoms with E-state index in [-0.39, 0.29) is 34.0 Å². The van der Waals surface area contributed by atoms with Gasteiger partial charge in [0.15, 0.2) is 0 Å². The highest BCUT2D eigenvalue weighted by Crippen LogP contribution is 2.23. The van der Waals surface area contributed by atoms with E-state index in [1.54, 1.807) is 12.1 Å². The summed E-state index contributed by atoms with van der Waals surface area (Å²) in [6.07, 6.45) is -0.897. The topological polar surface area (TPSA) is 20.2 Å². The van der Waals surface area contributed by atoms with Crippen LogP contribution in [0.15, 0.2) is 36.4 Å². The lowest BCUT2D eigenvalue weighted by Crippen LogP contribution is -2.16. The van der Waals surface area contributed by atoms with Crippen LogP contribution in [0, 0.1) is 11.6 Å². The van der Waals surface area contributed by atoms with Crippen molar-refractivity contribution in [2.75, 3.05) is 0 Å². The Morgan fingerprint density at radius 1 is 0.950 bits per heavy atom. The monoisotopic (exact) mass is 316 g/mol. The number of halogens is 4. The normalized spacial score (nSPS) is 12.4. The zero-order valence-corrected chi connectivity index (χ0v) is 11.9. The van der Waals surface area contributed by atoms with E-state index in [1.807, 2.05) is 0 Å². The lowest BCUT2D eigenvalue weighted by atomic mass is 10.0. The molecule has 1 atom stereocenters. The summed E-state index contributed by atoms with van der Waals surface area (Å²) >= 11 is 11.6. The van der Waals surface area contributed by atoms with E-state index < -0.39 is 17.7 Å². The Kier molecular flexibility index (Phi) is 4.97. The Bertz CT molecular complexity index is 597. The first-order valence-corrected chi connectivity index (χ1v) is 6.78. The van der Waals surface area contributed by atoms with Gasteiger partial charge in [-0.1, -0.05) is 41.4 Å². The van der Waals surface area contributed by atoms with Crippen LogP contribution in [0.1, 0.15) is 11.1 Å². The third-order valence-electron chi connectivity index (χ3n) is 2.99. The molecule has 20 heavy (non-hydrogen) atoms. The van der Waals surface area contributed by atoms with Crippen molar-refractivity contribution < 1.29 is 13.9 Å². The van der Waals surface area contributed by atoms with Crippen molar-refractivity contribution >= 4 is 23.2 Å². The Morgan fingerprint density at radius 3 is 2.30 bits per heavy atom. The molecule has 0 saturated carbocycles. The van der Waals surface area contributed by atoms with E-state index in [2.05, 4.69) is 0 Å². The highest BCUT2D eigenvalue weighted by molar-refractivity contribution is 6.31. The molecule has 1 N–H and O–H groups in total. The van der Waals surface area contributed by atoms with E-state index in [9.17, 15) is 13.9 Å². The van der Waals surface area contributed by atoms with Crippen LogP contribution in [0.2, 0.25) is 10.0 Å². The maximum absolute atomic E-state index is 13.7. The van der Waals surface area contributed by atoms with Gasteiger partial charge >= 0.3 is 0 Å². The van der Waals surface area contributed by atoms with Crippen LogP contribution >= 0.6 is 23.2 Å². The summed E-state index contributed by atoms with van der Waals surface area (Å²) in [6.45, 7) is 0. The largest absolute Gasteiger partial charge is 0.392 e. The molecular formula is C15H12Cl2F2O. The number of aliphatic hydroxyl groups is 1. The van der Waals surface area contributed by atoms with Crippen LogP contribution < -0.4 is 0 Å². The maximum atomic E-state index is 13.7. The zero-order chi connectivity index (χ0) is 14.7. The van der Waals surface area contributed by atoms with Gasteiger partial charge in [-0.3, -0.25) is 0 Å². The molecule has 2 rings (SSSR count). The average molecular weight is 317 g/mol. The molecule has 0 aliphatic rings. The van der Waals surface area contributed by atoms with Gasteiger partial charge in [-0.2, -0.15) is 0 Å². The highest BCUT2D eigenvalue weighted by Gasteiger charge is 2.15. The molecule has 0 aliphatic heterocycles. The minimum absolute atomic E-state index is 0.00127. The molecular weight excluding hydrogens is 305 g/mol. The summed E-state index contributed by atoms with van der Waals surface area (Å²) < 4.78 is 27.3. The molecule has 5 heteroatoms. The van der Waals surface area contributed by atoms with Crippen molar-refractivity contribution in [3.8, 4) is 0 Å². The molecule has 0 aromatic heterocycles. The molecule has 1 nitrogen and oxygen atoms in total. The van der Waals surface area contributed by atoms with Crippen LogP contribution in [-0.4, -0.2) is 11.2 Å². The Morgan fingerprint density at radius 2 is 1.60 bits per heavy atom. The summed E-state index contributed by atoms with van der Waals surface area (Å²) in [7, 11) is 0. The van der Waals surface area contributed by atoms with Crippen LogP contribution in [0.4, 0.5) is 8.78 Å². The molecule has 0 aliphatic carbocycles. The third-order valence-corrected chi connectivity index (χ3v) is 3.63. The number of hydrogen-bond donors (Lipinski definition) is 1. The molecule has 0 bridgehead atoms. The van der Waals surface area contributed by atoms with Crippen molar-refractivity contribution in [1.82, 2.24) is 0 Å². The minimum Gasteiger partial charge on any atom is -0.392 e. The van der Waals surface area contributed by atoms with Gasteiger partial charge in [0.1, 0.15) is 11.6 Å². The Balaban J connectivity index is 2.13. The number of benzene rings is 2. The second-order valence-corrected chi connectivity index (χ2v) is 5.29. The zero-order valence-electron chi connectivity index (χ0n) is 10.4. The van der Waals surface area contributed by atoms with E-state index in [0.29, 0.717) is 0 Å². The summed E-state index contributed by atoms with van der Waals surface area (Å²) in [5.41, 5.74) is 0.515. The molecule has 0 spiro atoms. The molecule has 106 valence electrons. The third kappa shape index (κ3) is 3.48. The molecule has 0 heterocycles. The second-order valence-electron chi connectivity index (χ2n) is 4.48. The average Bonchev–Trinajstić information content (AvgIpc) is 2.39. The van der Waals surface area contributed by atoms with Gasteiger partial charge in [0.2, 0.25) is 0 Å². The number of aliphatic hydroxyl groups excluding tert-OH is 1. The predicted octanol–water partition coefficient (Wildman–Crippen LogP) is 4.42. The van der Waals surface area contributed by atoms with Gasteiger partial charge in [-0.25, -0.2) is 8.78 Å².